The molecule has 1 N–H and O–H groups in total. The molecule has 0 spiro atoms. The van der Waals surface area contributed by atoms with Crippen LogP contribution in [0.15, 0.2) is 48.7 Å². The van der Waals surface area contributed by atoms with Crippen molar-refractivity contribution in [3.8, 4) is 0 Å². The van der Waals surface area contributed by atoms with Gasteiger partial charge in [-0.2, -0.15) is 10.2 Å². The minimum Gasteiger partial charge on any atom is -0.308 e. The first-order chi connectivity index (χ1) is 12.0. The van der Waals surface area contributed by atoms with Crippen molar-refractivity contribution in [2.75, 3.05) is 5.32 Å². The van der Waals surface area contributed by atoms with Crippen molar-refractivity contribution in [1.29, 1.82) is 0 Å². The maximum absolute atomic E-state index is 12.6. The van der Waals surface area contributed by atoms with Crippen LogP contribution < -0.4 is 5.32 Å². The first-order valence-electron chi connectivity index (χ1n) is 7.71. The fourth-order valence-electron chi connectivity index (χ4n) is 2.41. The number of aryl methyl sites for hydroxylation is 1. The van der Waals surface area contributed by atoms with E-state index >= 15 is 0 Å². The van der Waals surface area contributed by atoms with Crippen molar-refractivity contribution in [1.82, 2.24) is 19.6 Å². The normalized spacial score (nSPS) is 11.0. The van der Waals surface area contributed by atoms with Gasteiger partial charge in [0, 0.05) is 18.0 Å². The Bertz CT molecular complexity index is 857. The van der Waals surface area contributed by atoms with E-state index in [4.69, 9.17) is 0 Å². The molecule has 130 valence electrons. The van der Waals surface area contributed by atoms with Crippen LogP contribution in [-0.4, -0.2) is 25.5 Å². The number of hydrogen-bond acceptors (Lipinski definition) is 3. The highest BCUT2D eigenvalue weighted by atomic mass is 19.3. The lowest BCUT2D eigenvalue weighted by Gasteiger charge is -2.05. The van der Waals surface area contributed by atoms with Crippen molar-refractivity contribution in [2.24, 2.45) is 0 Å². The number of carbonyl (C=O) groups excluding carboxylic acids is 1. The molecule has 2 aromatic heterocycles. The molecule has 25 heavy (non-hydrogen) atoms. The SMILES string of the molecule is Cc1cc(C(F)F)nn1CC(=O)Nc1ccn(Cc2ccccc2)n1. The second-order valence-corrected chi connectivity index (χ2v) is 5.60. The fraction of sp³-hybridized carbons (Fsp3) is 0.235. The zero-order chi connectivity index (χ0) is 17.8. The third kappa shape index (κ3) is 4.28. The standard InChI is InChI=1S/C17H17F2N5O/c1-12-9-14(17(18)19)21-24(12)11-16(25)20-15-7-8-23(22-15)10-13-5-3-2-4-6-13/h2-9,17H,10-11H2,1H3,(H,20,22,25). The number of aromatic nitrogens is 4. The molecule has 0 saturated carbocycles. The average Bonchev–Trinajstić information content (AvgIpc) is 3.15. The molecule has 2 heterocycles. The lowest BCUT2D eigenvalue weighted by molar-refractivity contribution is -0.117. The van der Waals surface area contributed by atoms with E-state index in [9.17, 15) is 13.6 Å². The van der Waals surface area contributed by atoms with Gasteiger partial charge in [0.15, 0.2) is 5.82 Å². The number of anilines is 1. The first-order valence-corrected chi connectivity index (χ1v) is 7.71. The number of nitrogens with zero attached hydrogens (tertiary/aromatic N) is 4. The van der Waals surface area contributed by atoms with Gasteiger partial charge in [-0.15, -0.1) is 0 Å². The Morgan fingerprint density at radius 2 is 1.96 bits per heavy atom. The van der Waals surface area contributed by atoms with Gasteiger partial charge in [0.2, 0.25) is 5.91 Å². The van der Waals surface area contributed by atoms with E-state index in [1.54, 1.807) is 23.9 Å². The fourth-order valence-corrected chi connectivity index (χ4v) is 2.41. The summed E-state index contributed by atoms with van der Waals surface area (Å²) in [5.41, 5.74) is 1.26. The van der Waals surface area contributed by atoms with E-state index in [-0.39, 0.29) is 18.1 Å². The molecule has 0 unspecified atom stereocenters. The highest BCUT2D eigenvalue weighted by molar-refractivity contribution is 5.89. The van der Waals surface area contributed by atoms with Crippen molar-refractivity contribution in [3.63, 3.8) is 0 Å². The average molecular weight is 345 g/mol. The summed E-state index contributed by atoms with van der Waals surface area (Å²) in [6, 6.07) is 12.8. The summed E-state index contributed by atoms with van der Waals surface area (Å²) in [6.07, 6.45) is -0.895. The van der Waals surface area contributed by atoms with Gasteiger partial charge in [0.05, 0.1) is 6.54 Å². The van der Waals surface area contributed by atoms with Gasteiger partial charge < -0.3 is 5.32 Å². The van der Waals surface area contributed by atoms with Gasteiger partial charge in [-0.3, -0.25) is 14.2 Å². The molecular formula is C17H17F2N5O. The monoisotopic (exact) mass is 345 g/mol. The van der Waals surface area contributed by atoms with Crippen LogP contribution in [0.3, 0.4) is 0 Å². The summed E-state index contributed by atoms with van der Waals surface area (Å²) in [6.45, 7) is 2.07. The number of rotatable bonds is 6. The van der Waals surface area contributed by atoms with Crippen molar-refractivity contribution in [2.45, 2.75) is 26.4 Å². The van der Waals surface area contributed by atoms with Gasteiger partial charge in [0.1, 0.15) is 12.2 Å². The van der Waals surface area contributed by atoms with Crippen LogP contribution in [0.1, 0.15) is 23.4 Å². The van der Waals surface area contributed by atoms with Crippen LogP contribution in [0, 0.1) is 6.92 Å². The Hall–Kier alpha value is -3.03. The van der Waals surface area contributed by atoms with Gasteiger partial charge >= 0.3 is 0 Å². The molecule has 3 rings (SSSR count). The number of halogens is 2. The third-order valence-electron chi connectivity index (χ3n) is 3.61. The quantitative estimate of drug-likeness (QED) is 0.747. The molecule has 0 saturated heterocycles. The van der Waals surface area contributed by atoms with Crippen LogP contribution in [0.25, 0.3) is 0 Å². The summed E-state index contributed by atoms with van der Waals surface area (Å²) >= 11 is 0. The largest absolute Gasteiger partial charge is 0.308 e. The number of hydrogen-bond donors (Lipinski definition) is 1. The van der Waals surface area contributed by atoms with E-state index < -0.39 is 6.43 Å². The number of carbonyl (C=O) groups is 1. The van der Waals surface area contributed by atoms with Gasteiger partial charge in [-0.1, -0.05) is 30.3 Å². The van der Waals surface area contributed by atoms with E-state index in [0.29, 0.717) is 18.1 Å². The van der Waals surface area contributed by atoms with Gasteiger partial charge in [-0.25, -0.2) is 8.78 Å². The van der Waals surface area contributed by atoms with E-state index in [2.05, 4.69) is 15.5 Å². The molecule has 0 aliphatic rings. The van der Waals surface area contributed by atoms with Crippen molar-refractivity contribution >= 4 is 11.7 Å². The predicted molar refractivity (Wildman–Crippen MR) is 88.3 cm³/mol. The number of benzene rings is 1. The molecule has 3 aromatic rings. The smallest absolute Gasteiger partial charge is 0.282 e. The molecule has 0 radical (unpaired) electrons. The lowest BCUT2D eigenvalue weighted by atomic mass is 10.2. The highest BCUT2D eigenvalue weighted by Crippen LogP contribution is 2.18. The van der Waals surface area contributed by atoms with Crippen LogP contribution >= 0.6 is 0 Å². The van der Waals surface area contributed by atoms with E-state index in [1.165, 1.54) is 10.7 Å². The highest BCUT2D eigenvalue weighted by Gasteiger charge is 2.15. The molecule has 0 atom stereocenters. The molecule has 0 bridgehead atoms. The lowest BCUT2D eigenvalue weighted by Crippen LogP contribution is -2.20. The molecule has 0 aliphatic carbocycles. The maximum Gasteiger partial charge on any atom is 0.282 e. The summed E-state index contributed by atoms with van der Waals surface area (Å²) in [4.78, 5) is 12.1. The van der Waals surface area contributed by atoms with Gasteiger partial charge in [0.25, 0.3) is 6.43 Å². The Morgan fingerprint density at radius 3 is 2.64 bits per heavy atom. The molecule has 1 amide bonds. The number of amides is 1. The van der Waals surface area contributed by atoms with Gasteiger partial charge in [-0.05, 0) is 18.6 Å². The Kier molecular flexibility index (Phi) is 4.87. The van der Waals surface area contributed by atoms with Crippen LogP contribution in [-0.2, 0) is 17.9 Å². The molecule has 0 fully saturated rings. The summed E-state index contributed by atoms with van der Waals surface area (Å²) < 4.78 is 28.2. The summed E-state index contributed by atoms with van der Waals surface area (Å²) in [7, 11) is 0. The van der Waals surface area contributed by atoms with Crippen LogP contribution in [0.2, 0.25) is 0 Å². The molecule has 1 aromatic carbocycles. The maximum atomic E-state index is 12.6. The van der Waals surface area contributed by atoms with Crippen LogP contribution in [0.4, 0.5) is 14.6 Å². The molecule has 6 nitrogen and oxygen atoms in total. The minimum absolute atomic E-state index is 0.149. The summed E-state index contributed by atoms with van der Waals surface area (Å²) in [5.74, 6) is 0.0248. The Morgan fingerprint density at radius 1 is 1.20 bits per heavy atom. The second kappa shape index (κ2) is 7.25. The molecular weight excluding hydrogens is 328 g/mol. The minimum atomic E-state index is -2.66. The summed E-state index contributed by atoms with van der Waals surface area (Å²) in [5, 5.41) is 10.7. The Labute approximate surface area is 143 Å². The van der Waals surface area contributed by atoms with Crippen molar-refractivity contribution in [3.05, 3.63) is 65.6 Å². The zero-order valence-electron chi connectivity index (χ0n) is 13.6. The number of alkyl halides is 2. The first kappa shape index (κ1) is 16.8. The van der Waals surface area contributed by atoms with Crippen molar-refractivity contribution < 1.29 is 13.6 Å². The molecule has 8 heteroatoms. The predicted octanol–water partition coefficient (Wildman–Crippen LogP) is 3.01. The van der Waals surface area contributed by atoms with E-state index in [0.717, 1.165) is 5.56 Å². The third-order valence-corrected chi connectivity index (χ3v) is 3.61. The Balaban J connectivity index is 1.60. The molecule has 0 aliphatic heterocycles. The van der Waals surface area contributed by atoms with Crippen LogP contribution in [0.5, 0.6) is 0 Å². The second-order valence-electron chi connectivity index (χ2n) is 5.60. The number of nitrogens with one attached hydrogen (secondary N) is 1. The topological polar surface area (TPSA) is 64.7 Å². The zero-order valence-corrected chi connectivity index (χ0v) is 13.6. The van der Waals surface area contributed by atoms with E-state index in [1.807, 2.05) is 30.3 Å².